The molecule has 0 bridgehead atoms. The normalized spacial score (nSPS) is 11.6. The van der Waals surface area contributed by atoms with Crippen molar-refractivity contribution in [1.82, 2.24) is 4.57 Å². The van der Waals surface area contributed by atoms with E-state index in [-0.39, 0.29) is 0 Å². The number of rotatable bonds is 7. The lowest BCUT2D eigenvalue weighted by atomic mass is 9.91. The fraction of sp³-hybridized carbons (Fsp3) is 0. The number of hydrogen-bond acceptors (Lipinski definition) is 2. The molecule has 0 spiro atoms. The highest BCUT2D eigenvalue weighted by Crippen LogP contribution is 2.42. The Hall–Kier alpha value is -7.72. The van der Waals surface area contributed by atoms with E-state index in [9.17, 15) is 0 Å². The van der Waals surface area contributed by atoms with Gasteiger partial charge in [0.05, 0.1) is 11.0 Å². The lowest BCUT2D eigenvalue weighted by Gasteiger charge is -2.27. The molecule has 0 radical (unpaired) electrons. The zero-order valence-corrected chi connectivity index (χ0v) is 34.1. The van der Waals surface area contributed by atoms with Crippen LogP contribution in [-0.4, -0.2) is 4.57 Å². The van der Waals surface area contributed by atoms with Gasteiger partial charge in [0.1, 0.15) is 0 Å². The maximum absolute atomic E-state index is 2.40. The Morgan fingerprint density at radius 3 is 1.56 bits per heavy atom. The van der Waals surface area contributed by atoms with Gasteiger partial charge in [-0.2, -0.15) is 0 Å². The first-order valence-corrected chi connectivity index (χ1v) is 21.6. The molecule has 12 rings (SSSR count). The molecule has 0 atom stereocenters. The van der Waals surface area contributed by atoms with Crippen molar-refractivity contribution in [3.8, 4) is 39.1 Å². The van der Waals surface area contributed by atoms with E-state index in [2.05, 4.69) is 240 Å². The first-order valence-electron chi connectivity index (χ1n) is 20.8. The van der Waals surface area contributed by atoms with E-state index >= 15 is 0 Å². The summed E-state index contributed by atoms with van der Waals surface area (Å²) in [5.74, 6) is 0. The fourth-order valence-corrected chi connectivity index (χ4v) is 10.4. The van der Waals surface area contributed by atoms with Crippen molar-refractivity contribution in [3.05, 3.63) is 231 Å². The van der Waals surface area contributed by atoms with Crippen molar-refractivity contribution in [2.24, 2.45) is 0 Å². The zero-order valence-electron chi connectivity index (χ0n) is 33.2. The molecule has 0 amide bonds. The Morgan fingerprint density at radius 2 is 0.869 bits per heavy atom. The quantitative estimate of drug-likeness (QED) is 0.156. The first kappa shape index (κ1) is 35.2. The van der Waals surface area contributed by atoms with E-state index in [4.69, 9.17) is 0 Å². The van der Waals surface area contributed by atoms with Crippen molar-refractivity contribution in [3.63, 3.8) is 0 Å². The van der Waals surface area contributed by atoms with Gasteiger partial charge in [0.25, 0.3) is 0 Å². The lowest BCUT2D eigenvalue weighted by molar-refractivity contribution is 1.17. The van der Waals surface area contributed by atoms with Gasteiger partial charge in [0, 0.05) is 53.7 Å². The minimum absolute atomic E-state index is 1.09. The van der Waals surface area contributed by atoms with Gasteiger partial charge >= 0.3 is 0 Å². The summed E-state index contributed by atoms with van der Waals surface area (Å²) < 4.78 is 5.04. The molecule has 0 aliphatic heterocycles. The third kappa shape index (κ3) is 6.01. The van der Waals surface area contributed by atoms with Crippen LogP contribution in [0.1, 0.15) is 0 Å². The molecule has 0 saturated heterocycles. The minimum Gasteiger partial charge on any atom is -0.310 e. The molecular weight excluding hydrogens is 757 g/mol. The van der Waals surface area contributed by atoms with Gasteiger partial charge in [0.15, 0.2) is 0 Å². The van der Waals surface area contributed by atoms with Crippen LogP contribution >= 0.6 is 11.3 Å². The molecule has 0 aliphatic carbocycles. The van der Waals surface area contributed by atoms with E-state index in [1.807, 2.05) is 11.3 Å². The topological polar surface area (TPSA) is 8.17 Å². The van der Waals surface area contributed by atoms with Crippen LogP contribution in [0.15, 0.2) is 231 Å². The number of aromatic nitrogens is 1. The Morgan fingerprint density at radius 1 is 0.328 bits per heavy atom. The molecule has 0 unspecified atom stereocenters. The maximum Gasteiger partial charge on any atom is 0.0541 e. The summed E-state index contributed by atoms with van der Waals surface area (Å²) >= 11 is 1.86. The average Bonchev–Trinajstić information content (AvgIpc) is 3.88. The zero-order chi connectivity index (χ0) is 40.3. The Kier molecular flexibility index (Phi) is 8.39. The molecule has 2 aromatic heterocycles. The number of hydrogen-bond donors (Lipinski definition) is 0. The van der Waals surface area contributed by atoms with Crippen molar-refractivity contribution >= 4 is 81.1 Å². The summed E-state index contributed by atoms with van der Waals surface area (Å²) in [5.41, 5.74) is 14.1. The summed E-state index contributed by atoms with van der Waals surface area (Å²) in [6, 6.07) is 84.2. The highest BCUT2D eigenvalue weighted by atomic mass is 32.1. The molecule has 0 N–H and O–H groups in total. The van der Waals surface area contributed by atoms with Gasteiger partial charge in [-0.25, -0.2) is 0 Å². The number of thiophene rings is 1. The average molecular weight is 795 g/mol. The van der Waals surface area contributed by atoms with Gasteiger partial charge in [-0.3, -0.25) is 0 Å². The predicted octanol–water partition coefficient (Wildman–Crippen LogP) is 16.8. The highest BCUT2D eigenvalue weighted by molar-refractivity contribution is 7.25. The van der Waals surface area contributed by atoms with E-state index in [1.54, 1.807) is 0 Å². The molecule has 286 valence electrons. The smallest absolute Gasteiger partial charge is 0.0541 e. The highest BCUT2D eigenvalue weighted by Gasteiger charge is 2.18. The predicted molar refractivity (Wildman–Crippen MR) is 262 cm³/mol. The Balaban J connectivity index is 0.990. The minimum atomic E-state index is 1.09. The number of benzene rings is 10. The fourth-order valence-electron chi connectivity index (χ4n) is 9.36. The second kappa shape index (κ2) is 14.5. The summed E-state index contributed by atoms with van der Waals surface area (Å²) in [6.45, 7) is 0. The number of fused-ring (bicyclic) bond motifs is 7. The molecular formula is C58H38N2S. The van der Waals surface area contributed by atoms with Crippen LogP contribution < -0.4 is 4.90 Å². The summed E-state index contributed by atoms with van der Waals surface area (Å²) in [6.07, 6.45) is 0. The largest absolute Gasteiger partial charge is 0.310 e. The van der Waals surface area contributed by atoms with Gasteiger partial charge < -0.3 is 9.47 Å². The van der Waals surface area contributed by atoms with Gasteiger partial charge in [-0.1, -0.05) is 158 Å². The molecule has 0 saturated carbocycles. The van der Waals surface area contributed by atoms with Gasteiger partial charge in [0.2, 0.25) is 0 Å². The maximum atomic E-state index is 2.40. The van der Waals surface area contributed by atoms with Crippen molar-refractivity contribution in [2.45, 2.75) is 0 Å². The summed E-state index contributed by atoms with van der Waals surface area (Å²) in [7, 11) is 0. The SMILES string of the molecule is c1ccc(-c2cccc3cccc(-c4ccc(N(c5ccc(-c6ccc7sc8ccccc8c7c6)cc5)c5cccc(-n6c7ccccc7c7ccccc76)c5)cc4)c23)cc1. The third-order valence-electron chi connectivity index (χ3n) is 12.2. The van der Waals surface area contributed by atoms with Gasteiger partial charge in [-0.05, 0) is 117 Å². The number of anilines is 3. The van der Waals surface area contributed by atoms with Crippen molar-refractivity contribution in [1.29, 1.82) is 0 Å². The van der Waals surface area contributed by atoms with E-state index in [0.29, 0.717) is 0 Å². The number of nitrogens with zero attached hydrogens (tertiary/aromatic N) is 2. The van der Waals surface area contributed by atoms with Crippen molar-refractivity contribution < 1.29 is 0 Å². The summed E-state index contributed by atoms with van der Waals surface area (Å²) in [5, 5.41) is 7.64. The monoisotopic (exact) mass is 794 g/mol. The standard InChI is InChI=1S/C58H38N2S/c1-2-13-40(14-3-1)48-22-10-15-42-16-11-23-49(58(42)48)41-29-34-45(35-30-41)59(44-32-27-39(28-33-44)43-31-36-57-53(37-43)52-21-6-9-26-56(52)61-57)46-17-12-18-47(38-46)60-54-24-7-4-19-50(54)51-20-5-8-25-55(51)60/h1-38H. The lowest BCUT2D eigenvalue weighted by Crippen LogP contribution is -2.10. The van der Waals surface area contributed by atoms with Gasteiger partial charge in [-0.15, -0.1) is 11.3 Å². The van der Waals surface area contributed by atoms with Crippen LogP contribution in [0, 0.1) is 0 Å². The molecule has 61 heavy (non-hydrogen) atoms. The van der Waals surface area contributed by atoms with Crippen molar-refractivity contribution in [2.75, 3.05) is 4.90 Å². The Labute approximate surface area is 358 Å². The molecule has 2 nitrogen and oxygen atoms in total. The molecule has 3 heteroatoms. The summed E-state index contributed by atoms with van der Waals surface area (Å²) in [4.78, 5) is 2.39. The molecule has 0 aliphatic rings. The second-order valence-electron chi connectivity index (χ2n) is 15.7. The van der Waals surface area contributed by atoms with Crippen LogP contribution in [0.5, 0.6) is 0 Å². The van der Waals surface area contributed by atoms with Crippen LogP contribution in [0.25, 0.3) is 91.8 Å². The van der Waals surface area contributed by atoms with Crippen LogP contribution in [-0.2, 0) is 0 Å². The van der Waals surface area contributed by atoms with E-state index < -0.39 is 0 Å². The van der Waals surface area contributed by atoms with E-state index in [1.165, 1.54) is 86.1 Å². The number of para-hydroxylation sites is 2. The van der Waals surface area contributed by atoms with Crippen LogP contribution in [0.3, 0.4) is 0 Å². The molecule has 12 aromatic rings. The van der Waals surface area contributed by atoms with Crippen LogP contribution in [0.2, 0.25) is 0 Å². The second-order valence-corrected chi connectivity index (χ2v) is 16.8. The van der Waals surface area contributed by atoms with E-state index in [0.717, 1.165) is 22.7 Å². The van der Waals surface area contributed by atoms with Crippen LogP contribution in [0.4, 0.5) is 17.1 Å². The Bertz CT molecular complexity index is 3520. The molecule has 2 heterocycles. The molecule has 0 fully saturated rings. The first-order chi connectivity index (χ1) is 30.2. The molecule has 10 aromatic carbocycles. The third-order valence-corrected chi connectivity index (χ3v) is 13.3.